The molecule has 0 spiro atoms. The van der Waals surface area contributed by atoms with E-state index in [4.69, 9.17) is 23.4 Å². The van der Waals surface area contributed by atoms with Gasteiger partial charge in [-0.05, 0) is 37.3 Å². The molecule has 0 aliphatic carbocycles. The molecule has 39 heavy (non-hydrogen) atoms. The summed E-state index contributed by atoms with van der Waals surface area (Å²) >= 11 is 0. The predicted octanol–water partition coefficient (Wildman–Crippen LogP) is 3.93. The van der Waals surface area contributed by atoms with Crippen LogP contribution in [0.1, 0.15) is 32.0 Å². The third-order valence-corrected chi connectivity index (χ3v) is 5.91. The van der Waals surface area contributed by atoms with Crippen molar-refractivity contribution >= 4 is 34.2 Å². The Balaban J connectivity index is 1.89. The molecule has 2 aromatic heterocycles. The number of benzene rings is 2. The number of methoxy groups -OCH3 is 4. The summed E-state index contributed by atoms with van der Waals surface area (Å²) in [4.78, 5) is 34.1. The highest BCUT2D eigenvalue weighted by Crippen LogP contribution is 2.40. The van der Waals surface area contributed by atoms with Gasteiger partial charge in [0, 0.05) is 35.0 Å². The fourth-order valence-electron chi connectivity index (χ4n) is 3.92. The maximum Gasteiger partial charge on any atom is 0.337 e. The van der Waals surface area contributed by atoms with E-state index in [-0.39, 0.29) is 17.7 Å². The second-order valence-electron chi connectivity index (χ2n) is 8.25. The Morgan fingerprint density at radius 3 is 2.23 bits per heavy atom. The molecule has 2 aromatic carbocycles. The quantitative estimate of drug-likeness (QED) is 0.322. The largest absolute Gasteiger partial charge is 0.493 e. The van der Waals surface area contributed by atoms with E-state index in [1.807, 2.05) is 0 Å². The van der Waals surface area contributed by atoms with Crippen molar-refractivity contribution in [2.45, 2.75) is 13.5 Å². The molecule has 11 heteroatoms. The molecule has 0 saturated carbocycles. The number of nitrogens with one attached hydrogen (secondary N) is 1. The Morgan fingerprint density at radius 1 is 1.00 bits per heavy atom. The smallest absolute Gasteiger partial charge is 0.337 e. The molecule has 0 saturated heterocycles. The maximum absolute atomic E-state index is 13.5. The van der Waals surface area contributed by atoms with Gasteiger partial charge in [0.05, 0.1) is 52.0 Å². The van der Waals surface area contributed by atoms with Crippen LogP contribution in [0, 0.1) is 6.92 Å². The lowest BCUT2D eigenvalue weighted by molar-refractivity contribution is 0.0600. The summed E-state index contributed by atoms with van der Waals surface area (Å²) in [6.07, 6.45) is 1.52. The highest BCUT2D eigenvalue weighted by atomic mass is 16.5. The van der Waals surface area contributed by atoms with Crippen LogP contribution < -0.4 is 25.1 Å². The third kappa shape index (κ3) is 5.53. The van der Waals surface area contributed by atoms with Gasteiger partial charge in [-0.25, -0.2) is 9.79 Å². The zero-order valence-electron chi connectivity index (χ0n) is 22.0. The van der Waals surface area contributed by atoms with Crippen LogP contribution in [-0.2, 0) is 11.3 Å². The number of fused-ring (bicyclic) bond motifs is 1. The lowest BCUT2D eigenvalue weighted by atomic mass is 10.1. The minimum absolute atomic E-state index is 0.0135. The van der Waals surface area contributed by atoms with Crippen molar-refractivity contribution in [3.05, 3.63) is 76.6 Å². The van der Waals surface area contributed by atoms with Gasteiger partial charge in [-0.2, -0.15) is 0 Å². The standard InChI is InChI=1S/C28H27N3O8/c1-15-24-20(17(14-32)13-29-15)12-21(26(33)30-18-8-6-16(7-9-18)28(34)38-5)27(39-24)31-19-10-22(35-2)25(37-4)23(11-19)36-3/h6-13,32H,14H2,1-5H3,(H,30,33). The first-order valence-electron chi connectivity index (χ1n) is 11.7. The monoisotopic (exact) mass is 533 g/mol. The number of carbonyl (C=O) groups excluding carboxylic acids is 2. The Bertz CT molecular complexity index is 1590. The van der Waals surface area contributed by atoms with E-state index in [1.54, 1.807) is 37.3 Å². The summed E-state index contributed by atoms with van der Waals surface area (Å²) in [7, 11) is 5.75. The van der Waals surface area contributed by atoms with Gasteiger partial charge < -0.3 is 33.8 Å². The van der Waals surface area contributed by atoms with Crippen LogP contribution in [0.4, 0.5) is 11.4 Å². The van der Waals surface area contributed by atoms with E-state index in [0.29, 0.717) is 56.4 Å². The SMILES string of the molecule is COC(=O)c1ccc(NC(=O)c2cc3c(CO)cnc(C)c3oc2=Nc2cc(OC)c(OC)c(OC)c2)cc1. The zero-order chi connectivity index (χ0) is 28.1. The molecule has 0 bridgehead atoms. The second kappa shape index (κ2) is 11.7. The molecule has 0 atom stereocenters. The van der Waals surface area contributed by atoms with Crippen molar-refractivity contribution in [1.82, 2.24) is 4.98 Å². The summed E-state index contributed by atoms with van der Waals surface area (Å²) in [6, 6.07) is 11.0. The molecular formula is C28H27N3O8. The van der Waals surface area contributed by atoms with Gasteiger partial charge in [0.1, 0.15) is 5.56 Å². The Labute approximate surface area is 223 Å². The number of ether oxygens (including phenoxy) is 4. The number of esters is 1. The number of aliphatic hydroxyl groups is 1. The average Bonchev–Trinajstić information content (AvgIpc) is 2.96. The molecule has 0 aliphatic rings. The molecule has 11 nitrogen and oxygen atoms in total. The number of hydrogen-bond donors (Lipinski definition) is 2. The number of amides is 1. The van der Waals surface area contributed by atoms with E-state index >= 15 is 0 Å². The molecule has 0 unspecified atom stereocenters. The van der Waals surface area contributed by atoms with Crippen LogP contribution >= 0.6 is 0 Å². The Kier molecular flexibility index (Phi) is 8.11. The van der Waals surface area contributed by atoms with Gasteiger partial charge in [-0.1, -0.05) is 0 Å². The fourth-order valence-corrected chi connectivity index (χ4v) is 3.92. The van der Waals surface area contributed by atoms with Crippen LogP contribution in [0.3, 0.4) is 0 Å². The summed E-state index contributed by atoms with van der Waals surface area (Å²) in [6.45, 7) is 1.44. The topological polar surface area (TPSA) is 142 Å². The van der Waals surface area contributed by atoms with Crippen molar-refractivity contribution in [3.63, 3.8) is 0 Å². The van der Waals surface area contributed by atoms with Gasteiger partial charge in [0.15, 0.2) is 17.1 Å². The highest BCUT2D eigenvalue weighted by Gasteiger charge is 2.18. The number of carbonyl (C=O) groups is 2. The van der Waals surface area contributed by atoms with E-state index in [1.165, 1.54) is 46.8 Å². The molecule has 1 amide bonds. The maximum atomic E-state index is 13.5. The van der Waals surface area contributed by atoms with E-state index < -0.39 is 11.9 Å². The first-order chi connectivity index (χ1) is 18.8. The fraction of sp³-hybridized carbons (Fsp3) is 0.214. The highest BCUT2D eigenvalue weighted by molar-refractivity contribution is 6.06. The van der Waals surface area contributed by atoms with Crippen LogP contribution in [0.15, 0.2) is 58.1 Å². The number of pyridine rings is 1. The third-order valence-electron chi connectivity index (χ3n) is 5.91. The minimum atomic E-state index is -0.531. The lowest BCUT2D eigenvalue weighted by Crippen LogP contribution is -2.22. The Morgan fingerprint density at radius 2 is 1.67 bits per heavy atom. The van der Waals surface area contributed by atoms with E-state index in [9.17, 15) is 14.7 Å². The van der Waals surface area contributed by atoms with Gasteiger partial charge >= 0.3 is 5.97 Å². The molecule has 202 valence electrons. The first kappa shape index (κ1) is 27.1. The molecule has 2 N–H and O–H groups in total. The summed E-state index contributed by atoms with van der Waals surface area (Å²) in [5.74, 6) is 0.0987. The summed E-state index contributed by atoms with van der Waals surface area (Å²) in [5, 5.41) is 13.2. The molecule has 4 rings (SSSR count). The molecular weight excluding hydrogens is 506 g/mol. The first-order valence-corrected chi connectivity index (χ1v) is 11.7. The number of rotatable bonds is 8. The zero-order valence-corrected chi connectivity index (χ0v) is 22.0. The predicted molar refractivity (Wildman–Crippen MR) is 142 cm³/mol. The van der Waals surface area contributed by atoms with Crippen LogP contribution in [0.2, 0.25) is 0 Å². The minimum Gasteiger partial charge on any atom is -0.493 e. The van der Waals surface area contributed by atoms with Crippen LogP contribution in [0.5, 0.6) is 17.2 Å². The number of anilines is 1. The number of hydrogen-bond acceptors (Lipinski definition) is 10. The number of aliphatic hydroxyl groups excluding tert-OH is 1. The number of aromatic nitrogens is 1. The molecule has 4 aromatic rings. The second-order valence-corrected chi connectivity index (χ2v) is 8.25. The lowest BCUT2D eigenvalue weighted by Gasteiger charge is -2.13. The number of aryl methyl sites for hydroxylation is 1. The van der Waals surface area contributed by atoms with Crippen molar-refractivity contribution < 1.29 is 38.1 Å². The van der Waals surface area contributed by atoms with Gasteiger partial charge in [-0.3, -0.25) is 9.78 Å². The molecule has 0 fully saturated rings. The van der Waals surface area contributed by atoms with Gasteiger partial charge in [-0.15, -0.1) is 0 Å². The van der Waals surface area contributed by atoms with Crippen LogP contribution in [0.25, 0.3) is 11.0 Å². The van der Waals surface area contributed by atoms with E-state index in [2.05, 4.69) is 15.3 Å². The van der Waals surface area contributed by atoms with Gasteiger partial charge in [0.2, 0.25) is 11.3 Å². The Hall–Kier alpha value is -4.90. The average molecular weight is 534 g/mol. The normalized spacial score (nSPS) is 11.3. The van der Waals surface area contributed by atoms with Gasteiger partial charge in [0.25, 0.3) is 5.91 Å². The van der Waals surface area contributed by atoms with Crippen molar-refractivity contribution in [2.24, 2.45) is 4.99 Å². The molecule has 0 radical (unpaired) electrons. The van der Waals surface area contributed by atoms with Crippen LogP contribution in [-0.4, -0.2) is 50.4 Å². The van der Waals surface area contributed by atoms with Crippen molar-refractivity contribution in [2.75, 3.05) is 33.8 Å². The van der Waals surface area contributed by atoms with E-state index in [0.717, 1.165) is 0 Å². The summed E-state index contributed by atoms with van der Waals surface area (Å²) < 4.78 is 27.1. The molecule has 2 heterocycles. The number of nitrogens with zero attached hydrogens (tertiary/aromatic N) is 2. The van der Waals surface area contributed by atoms with Crippen molar-refractivity contribution in [1.29, 1.82) is 0 Å². The summed E-state index contributed by atoms with van der Waals surface area (Å²) in [5.41, 5.74) is 2.61. The van der Waals surface area contributed by atoms with Crippen molar-refractivity contribution in [3.8, 4) is 17.2 Å². The molecule has 0 aliphatic heterocycles.